The van der Waals surface area contributed by atoms with Crippen molar-refractivity contribution in [3.8, 4) is 0 Å². The Morgan fingerprint density at radius 2 is 1.53 bits per heavy atom. The van der Waals surface area contributed by atoms with E-state index in [1.807, 2.05) is 0 Å². The van der Waals surface area contributed by atoms with Gasteiger partial charge in [0.1, 0.15) is 0 Å². The summed E-state index contributed by atoms with van der Waals surface area (Å²) in [5, 5.41) is 0. The predicted molar refractivity (Wildman–Crippen MR) is 72.7 cm³/mol. The minimum absolute atomic E-state index is 0.256. The largest absolute Gasteiger partial charge is 0.371 e. The molecule has 0 saturated heterocycles. The molecule has 0 aliphatic heterocycles. The van der Waals surface area contributed by atoms with Crippen LogP contribution in [0.5, 0.6) is 0 Å². The van der Waals surface area contributed by atoms with Crippen LogP contribution >= 0.6 is 22.6 Å². The van der Waals surface area contributed by atoms with Gasteiger partial charge in [0.05, 0.1) is 11.7 Å². The Kier molecular flexibility index (Phi) is 4.74. The number of halogens is 1. The van der Waals surface area contributed by atoms with Gasteiger partial charge in [0, 0.05) is 4.43 Å². The van der Waals surface area contributed by atoms with E-state index in [2.05, 4.69) is 22.6 Å². The first-order chi connectivity index (χ1) is 7.35. The third-order valence-corrected chi connectivity index (χ3v) is 5.37. The minimum Gasteiger partial charge on any atom is -0.371 e. The molecule has 1 nitrogen and oxygen atoms in total. The number of alkyl halides is 1. The van der Waals surface area contributed by atoms with Gasteiger partial charge in [0.25, 0.3) is 0 Å². The molecule has 0 N–H and O–H groups in total. The second-order valence-corrected chi connectivity index (χ2v) is 6.02. The quantitative estimate of drug-likeness (QED) is 0.423. The van der Waals surface area contributed by atoms with Crippen LogP contribution in [0.4, 0.5) is 0 Å². The molecule has 2 rings (SSSR count). The monoisotopic (exact) mass is 322 g/mol. The summed E-state index contributed by atoms with van der Waals surface area (Å²) in [7, 11) is 0. The van der Waals surface area contributed by atoms with Crippen LogP contribution in [0.2, 0.25) is 0 Å². The van der Waals surface area contributed by atoms with E-state index in [-0.39, 0.29) is 5.60 Å². The molecule has 88 valence electrons. The van der Waals surface area contributed by atoms with E-state index in [1.54, 1.807) is 0 Å². The topological polar surface area (TPSA) is 9.23 Å². The Morgan fingerprint density at radius 1 is 0.933 bits per heavy atom. The van der Waals surface area contributed by atoms with Crippen LogP contribution in [0.25, 0.3) is 0 Å². The molecule has 0 spiro atoms. The van der Waals surface area contributed by atoms with Crippen LogP contribution in [0.15, 0.2) is 0 Å². The Balaban J connectivity index is 1.92. The van der Waals surface area contributed by atoms with Crippen molar-refractivity contribution in [2.75, 3.05) is 4.43 Å². The third-order valence-electron chi connectivity index (χ3n) is 3.98. The number of rotatable bonds is 3. The molecule has 2 fully saturated rings. The van der Waals surface area contributed by atoms with E-state index >= 15 is 0 Å². The van der Waals surface area contributed by atoms with Crippen molar-refractivity contribution >= 4 is 22.6 Å². The van der Waals surface area contributed by atoms with Crippen LogP contribution < -0.4 is 0 Å². The van der Waals surface area contributed by atoms with Crippen molar-refractivity contribution in [1.82, 2.24) is 0 Å². The highest BCUT2D eigenvalue weighted by Gasteiger charge is 2.34. The predicted octanol–water partition coefficient (Wildman–Crippen LogP) is 4.47. The normalized spacial score (nSPS) is 27.8. The van der Waals surface area contributed by atoms with Crippen LogP contribution in [-0.4, -0.2) is 16.1 Å². The van der Waals surface area contributed by atoms with Gasteiger partial charge in [-0.05, 0) is 25.7 Å². The zero-order valence-corrected chi connectivity index (χ0v) is 11.8. The fourth-order valence-electron chi connectivity index (χ4n) is 3.02. The maximum absolute atomic E-state index is 6.46. The molecule has 2 aliphatic rings. The van der Waals surface area contributed by atoms with Gasteiger partial charge in [-0.3, -0.25) is 0 Å². The van der Waals surface area contributed by atoms with E-state index in [0.29, 0.717) is 6.10 Å². The highest BCUT2D eigenvalue weighted by Crippen LogP contribution is 2.36. The number of hydrogen-bond acceptors (Lipinski definition) is 1. The molecule has 0 heterocycles. The molecule has 15 heavy (non-hydrogen) atoms. The van der Waals surface area contributed by atoms with E-state index in [9.17, 15) is 0 Å². The SMILES string of the molecule is ICC1(OC2CCCC2)CCCCCC1. The van der Waals surface area contributed by atoms with Gasteiger partial charge in [-0.15, -0.1) is 0 Å². The lowest BCUT2D eigenvalue weighted by Gasteiger charge is -2.34. The molecule has 0 aromatic heterocycles. The number of hydrogen-bond donors (Lipinski definition) is 0. The molecule has 0 aromatic carbocycles. The van der Waals surface area contributed by atoms with Crippen molar-refractivity contribution in [3.63, 3.8) is 0 Å². The fraction of sp³-hybridized carbons (Fsp3) is 1.00. The van der Waals surface area contributed by atoms with E-state index in [4.69, 9.17) is 4.74 Å². The summed E-state index contributed by atoms with van der Waals surface area (Å²) in [6, 6.07) is 0. The molecule has 0 bridgehead atoms. The summed E-state index contributed by atoms with van der Waals surface area (Å²) in [5.41, 5.74) is 0.256. The van der Waals surface area contributed by atoms with Crippen molar-refractivity contribution in [1.29, 1.82) is 0 Å². The Bertz CT molecular complexity index is 179. The zero-order valence-electron chi connectivity index (χ0n) is 9.64. The van der Waals surface area contributed by atoms with Gasteiger partial charge >= 0.3 is 0 Å². The fourth-order valence-corrected chi connectivity index (χ4v) is 3.96. The van der Waals surface area contributed by atoms with E-state index < -0.39 is 0 Å². The first-order valence-electron chi connectivity index (χ1n) is 6.58. The Labute approximate surface area is 107 Å². The highest BCUT2D eigenvalue weighted by atomic mass is 127. The van der Waals surface area contributed by atoms with Crippen molar-refractivity contribution in [3.05, 3.63) is 0 Å². The van der Waals surface area contributed by atoms with E-state index in [0.717, 1.165) is 0 Å². The van der Waals surface area contributed by atoms with Crippen LogP contribution in [0.1, 0.15) is 64.2 Å². The van der Waals surface area contributed by atoms with Crippen LogP contribution in [0, 0.1) is 0 Å². The van der Waals surface area contributed by atoms with E-state index in [1.165, 1.54) is 68.6 Å². The minimum atomic E-state index is 0.256. The standard InChI is InChI=1S/C13H23IO/c14-11-13(9-5-1-2-6-10-13)15-12-7-3-4-8-12/h12H,1-11H2. The lowest BCUT2D eigenvalue weighted by molar-refractivity contribution is -0.0827. The number of ether oxygens (including phenoxy) is 1. The summed E-state index contributed by atoms with van der Waals surface area (Å²) in [5.74, 6) is 0. The third kappa shape index (κ3) is 3.32. The smallest absolute Gasteiger partial charge is 0.0775 e. The molecule has 2 saturated carbocycles. The second kappa shape index (κ2) is 5.85. The van der Waals surface area contributed by atoms with Crippen molar-refractivity contribution in [2.45, 2.75) is 75.9 Å². The second-order valence-electron chi connectivity index (χ2n) is 5.26. The van der Waals surface area contributed by atoms with Crippen LogP contribution in [-0.2, 0) is 4.74 Å². The van der Waals surface area contributed by atoms with Crippen LogP contribution in [0.3, 0.4) is 0 Å². The van der Waals surface area contributed by atoms with Crippen molar-refractivity contribution < 1.29 is 4.74 Å². The summed E-state index contributed by atoms with van der Waals surface area (Å²) >= 11 is 2.54. The molecule has 2 heteroatoms. The summed E-state index contributed by atoms with van der Waals surface area (Å²) in [6.45, 7) is 0. The Morgan fingerprint density at radius 3 is 2.07 bits per heavy atom. The molecule has 0 unspecified atom stereocenters. The van der Waals surface area contributed by atoms with Gasteiger partial charge in [0.2, 0.25) is 0 Å². The lowest BCUT2D eigenvalue weighted by Crippen LogP contribution is -2.37. The Hall–Kier alpha value is 0.690. The average molecular weight is 322 g/mol. The average Bonchev–Trinajstić information content (AvgIpc) is 2.64. The van der Waals surface area contributed by atoms with Gasteiger partial charge < -0.3 is 4.74 Å². The van der Waals surface area contributed by atoms with Gasteiger partial charge in [-0.1, -0.05) is 61.1 Å². The van der Waals surface area contributed by atoms with Gasteiger partial charge in [-0.2, -0.15) is 0 Å². The van der Waals surface area contributed by atoms with Gasteiger partial charge in [-0.25, -0.2) is 0 Å². The first kappa shape index (κ1) is 12.2. The molecule has 0 atom stereocenters. The lowest BCUT2D eigenvalue weighted by atomic mass is 9.96. The van der Waals surface area contributed by atoms with Gasteiger partial charge in [0.15, 0.2) is 0 Å². The molecule has 0 aromatic rings. The maximum atomic E-state index is 6.46. The first-order valence-corrected chi connectivity index (χ1v) is 8.11. The molecule has 2 aliphatic carbocycles. The summed E-state index contributed by atoms with van der Waals surface area (Å²) in [4.78, 5) is 0. The van der Waals surface area contributed by atoms with Crippen molar-refractivity contribution in [2.24, 2.45) is 0 Å². The summed E-state index contributed by atoms with van der Waals surface area (Å²) in [6.07, 6.45) is 14.3. The molecular weight excluding hydrogens is 299 g/mol. The molecular formula is C13H23IO. The summed E-state index contributed by atoms with van der Waals surface area (Å²) < 4.78 is 7.66. The zero-order chi connectivity index (χ0) is 10.6. The molecule has 0 amide bonds. The molecule has 0 radical (unpaired) electrons. The highest BCUT2D eigenvalue weighted by molar-refractivity contribution is 14.1. The maximum Gasteiger partial charge on any atom is 0.0775 e.